The average Bonchev–Trinajstić information content (AvgIpc) is 3.00. The van der Waals surface area contributed by atoms with Crippen LogP contribution < -0.4 is 5.32 Å². The molecule has 1 atom stereocenters. The SMILES string of the molecule is CC(C)Cc1ccc(C(=O)C(CC(=O)c2ccc(C3CCCCC3)cc2)c2ccc(C(=O)NCCC(=O)O)cc2)cc1. The van der Waals surface area contributed by atoms with Gasteiger partial charge >= 0.3 is 5.97 Å². The third-order valence-corrected chi connectivity index (χ3v) is 8.10. The molecule has 0 aliphatic heterocycles. The molecule has 6 nitrogen and oxygen atoms in total. The van der Waals surface area contributed by atoms with Crippen molar-refractivity contribution in [1.29, 1.82) is 0 Å². The Morgan fingerprint density at radius 1 is 0.786 bits per heavy atom. The third kappa shape index (κ3) is 8.48. The van der Waals surface area contributed by atoms with E-state index in [1.54, 1.807) is 24.3 Å². The van der Waals surface area contributed by atoms with E-state index in [0.29, 0.717) is 34.1 Å². The number of carbonyl (C=O) groups is 4. The van der Waals surface area contributed by atoms with Crippen LogP contribution in [0.3, 0.4) is 0 Å². The first-order valence-electron chi connectivity index (χ1n) is 15.1. The van der Waals surface area contributed by atoms with Crippen LogP contribution in [0.15, 0.2) is 72.8 Å². The lowest BCUT2D eigenvalue weighted by Crippen LogP contribution is -2.26. The molecule has 1 aliphatic carbocycles. The fraction of sp³-hybridized carbons (Fsp3) is 0.389. The molecule has 220 valence electrons. The molecule has 42 heavy (non-hydrogen) atoms. The molecule has 2 N–H and O–H groups in total. The smallest absolute Gasteiger partial charge is 0.305 e. The van der Waals surface area contributed by atoms with Crippen molar-refractivity contribution in [3.8, 4) is 0 Å². The van der Waals surface area contributed by atoms with Gasteiger partial charge in [-0.2, -0.15) is 0 Å². The minimum absolute atomic E-state index is 0.0134. The van der Waals surface area contributed by atoms with Crippen LogP contribution in [-0.4, -0.2) is 35.1 Å². The molecule has 0 bridgehead atoms. The van der Waals surface area contributed by atoms with Crippen LogP contribution in [0.5, 0.6) is 0 Å². The van der Waals surface area contributed by atoms with Crippen molar-refractivity contribution < 1.29 is 24.3 Å². The van der Waals surface area contributed by atoms with Crippen LogP contribution in [0.4, 0.5) is 0 Å². The van der Waals surface area contributed by atoms with Gasteiger partial charge in [0.1, 0.15) is 0 Å². The molecule has 1 aliphatic rings. The second-order valence-electron chi connectivity index (χ2n) is 11.8. The van der Waals surface area contributed by atoms with Gasteiger partial charge in [-0.1, -0.05) is 93.8 Å². The first-order valence-corrected chi connectivity index (χ1v) is 15.1. The summed E-state index contributed by atoms with van der Waals surface area (Å²) in [4.78, 5) is 50.6. The van der Waals surface area contributed by atoms with Crippen LogP contribution >= 0.6 is 0 Å². The van der Waals surface area contributed by atoms with Crippen LogP contribution in [0.1, 0.15) is 118 Å². The lowest BCUT2D eigenvalue weighted by molar-refractivity contribution is -0.136. The highest BCUT2D eigenvalue weighted by Crippen LogP contribution is 2.33. The monoisotopic (exact) mass is 567 g/mol. The Kier molecular flexibility index (Phi) is 10.8. The number of carboxylic acid groups (broad SMARTS) is 1. The number of aliphatic carboxylic acids is 1. The summed E-state index contributed by atoms with van der Waals surface area (Å²) in [6.45, 7) is 4.33. The second-order valence-corrected chi connectivity index (χ2v) is 11.8. The zero-order valence-corrected chi connectivity index (χ0v) is 24.6. The van der Waals surface area contributed by atoms with Crippen LogP contribution in [-0.2, 0) is 11.2 Å². The molecule has 1 fully saturated rings. The third-order valence-electron chi connectivity index (χ3n) is 8.10. The van der Waals surface area contributed by atoms with E-state index in [4.69, 9.17) is 5.11 Å². The van der Waals surface area contributed by atoms with Crippen LogP contribution in [0.25, 0.3) is 0 Å². The summed E-state index contributed by atoms with van der Waals surface area (Å²) in [5.74, 6) is -1.28. The number of benzene rings is 3. The average molecular weight is 568 g/mol. The summed E-state index contributed by atoms with van der Waals surface area (Å²) < 4.78 is 0. The number of rotatable bonds is 13. The molecule has 6 heteroatoms. The predicted octanol–water partition coefficient (Wildman–Crippen LogP) is 7.38. The minimum Gasteiger partial charge on any atom is -0.481 e. The van der Waals surface area contributed by atoms with Crippen LogP contribution in [0, 0.1) is 5.92 Å². The van der Waals surface area contributed by atoms with Crippen molar-refractivity contribution in [3.63, 3.8) is 0 Å². The van der Waals surface area contributed by atoms with Crippen molar-refractivity contribution in [1.82, 2.24) is 5.32 Å². The van der Waals surface area contributed by atoms with Gasteiger partial charge in [-0.15, -0.1) is 0 Å². The maximum Gasteiger partial charge on any atom is 0.305 e. The summed E-state index contributed by atoms with van der Waals surface area (Å²) in [6, 6.07) is 22.2. The Labute approximate surface area is 248 Å². The van der Waals surface area contributed by atoms with Crippen LogP contribution in [0.2, 0.25) is 0 Å². The van der Waals surface area contributed by atoms with Gasteiger partial charge < -0.3 is 10.4 Å². The van der Waals surface area contributed by atoms with Gasteiger partial charge in [0.25, 0.3) is 5.91 Å². The Hall–Kier alpha value is -4.06. The number of carboxylic acids is 1. The summed E-state index contributed by atoms with van der Waals surface area (Å²) in [5.41, 5.74) is 4.58. The first-order chi connectivity index (χ1) is 20.2. The molecule has 0 heterocycles. The molecule has 0 aromatic heterocycles. The molecule has 1 amide bonds. The number of carbonyl (C=O) groups excluding carboxylic acids is 3. The van der Waals surface area contributed by atoms with Crippen molar-refractivity contribution in [2.45, 2.75) is 77.0 Å². The Morgan fingerprint density at radius 3 is 1.98 bits per heavy atom. The number of hydrogen-bond acceptors (Lipinski definition) is 4. The number of nitrogens with one attached hydrogen (secondary N) is 1. The zero-order valence-electron chi connectivity index (χ0n) is 24.6. The van der Waals surface area contributed by atoms with Gasteiger partial charge in [0.15, 0.2) is 11.6 Å². The largest absolute Gasteiger partial charge is 0.481 e. The molecule has 1 saturated carbocycles. The van der Waals surface area contributed by atoms with Gasteiger partial charge in [-0.3, -0.25) is 19.2 Å². The normalized spacial score (nSPS) is 14.4. The van der Waals surface area contributed by atoms with Crippen molar-refractivity contribution in [2.75, 3.05) is 6.54 Å². The highest BCUT2D eigenvalue weighted by atomic mass is 16.4. The van der Waals surface area contributed by atoms with Gasteiger partial charge in [0, 0.05) is 29.7 Å². The fourth-order valence-corrected chi connectivity index (χ4v) is 5.77. The molecular formula is C36H41NO5. The zero-order chi connectivity index (χ0) is 30.1. The molecule has 3 aromatic carbocycles. The maximum atomic E-state index is 13.8. The first kappa shape index (κ1) is 30.9. The number of Topliss-reactive ketones (excluding diaryl/α,β-unsaturated/α-hetero) is 2. The van der Waals surface area contributed by atoms with E-state index in [-0.39, 0.29) is 36.9 Å². The van der Waals surface area contributed by atoms with E-state index < -0.39 is 11.9 Å². The number of ketones is 2. The van der Waals surface area contributed by atoms with Gasteiger partial charge in [-0.25, -0.2) is 0 Å². The van der Waals surface area contributed by atoms with Gasteiger partial charge in [-0.05, 0) is 59.9 Å². The minimum atomic E-state index is -0.988. The molecule has 4 rings (SSSR count). The Morgan fingerprint density at radius 2 is 1.38 bits per heavy atom. The van der Waals surface area contributed by atoms with E-state index in [1.165, 1.54) is 37.7 Å². The fourth-order valence-electron chi connectivity index (χ4n) is 5.77. The van der Waals surface area contributed by atoms with Gasteiger partial charge in [0.2, 0.25) is 0 Å². The molecule has 1 unspecified atom stereocenters. The van der Waals surface area contributed by atoms with E-state index in [2.05, 4.69) is 31.3 Å². The van der Waals surface area contributed by atoms with Gasteiger partial charge in [0.05, 0.1) is 12.3 Å². The Bertz CT molecular complexity index is 1370. The summed E-state index contributed by atoms with van der Waals surface area (Å²) in [6.07, 6.45) is 6.93. The summed E-state index contributed by atoms with van der Waals surface area (Å²) in [5, 5.41) is 11.4. The standard InChI is InChI=1S/C36H41NO5/c1-24(2)22-25-8-10-30(11-9-25)35(41)32(28-14-18-31(19-15-28)36(42)37-21-20-34(39)40)23-33(38)29-16-12-27(13-17-29)26-6-4-3-5-7-26/h8-19,24,26,32H,3-7,20-23H2,1-2H3,(H,37,42)(H,39,40). The van der Waals surface area contributed by atoms with Crippen molar-refractivity contribution >= 4 is 23.4 Å². The lowest BCUT2D eigenvalue weighted by Gasteiger charge is -2.22. The van der Waals surface area contributed by atoms with E-state index in [9.17, 15) is 19.2 Å². The number of amides is 1. The Balaban J connectivity index is 1.54. The number of hydrogen-bond donors (Lipinski definition) is 2. The highest BCUT2D eigenvalue weighted by molar-refractivity contribution is 6.06. The second kappa shape index (κ2) is 14.7. The van der Waals surface area contributed by atoms with Crippen molar-refractivity contribution in [3.05, 3.63) is 106 Å². The lowest BCUT2D eigenvalue weighted by atomic mass is 9.82. The molecular weight excluding hydrogens is 526 g/mol. The maximum absolute atomic E-state index is 13.8. The highest BCUT2D eigenvalue weighted by Gasteiger charge is 2.26. The molecule has 0 saturated heterocycles. The van der Waals surface area contributed by atoms with E-state index in [0.717, 1.165) is 12.0 Å². The van der Waals surface area contributed by atoms with E-state index in [1.807, 2.05) is 36.4 Å². The molecule has 0 spiro atoms. The summed E-state index contributed by atoms with van der Waals surface area (Å²) in [7, 11) is 0. The quantitative estimate of drug-likeness (QED) is 0.210. The molecule has 3 aromatic rings. The van der Waals surface area contributed by atoms with Crippen molar-refractivity contribution in [2.24, 2.45) is 5.92 Å². The predicted molar refractivity (Wildman–Crippen MR) is 164 cm³/mol. The summed E-state index contributed by atoms with van der Waals surface area (Å²) >= 11 is 0. The topological polar surface area (TPSA) is 101 Å². The molecule has 0 radical (unpaired) electrons. The van der Waals surface area contributed by atoms with E-state index >= 15 is 0 Å².